The Bertz CT molecular complexity index is 489. The van der Waals surface area contributed by atoms with E-state index in [9.17, 15) is 14.4 Å². The second kappa shape index (κ2) is 7.22. The molecule has 108 valence electrons. The van der Waals surface area contributed by atoms with Crippen molar-refractivity contribution in [3.8, 4) is 0 Å². The minimum atomic E-state index is -1.04. The van der Waals surface area contributed by atoms with Crippen LogP contribution in [-0.4, -0.2) is 51.0 Å². The van der Waals surface area contributed by atoms with E-state index in [4.69, 9.17) is 10.2 Å². The molecule has 1 rings (SSSR count). The summed E-state index contributed by atoms with van der Waals surface area (Å²) in [7, 11) is 0. The van der Waals surface area contributed by atoms with Crippen LogP contribution in [0.3, 0.4) is 0 Å². The molecule has 0 aliphatic rings. The molecule has 1 atom stereocenters. The third-order valence-corrected chi connectivity index (χ3v) is 2.73. The Morgan fingerprint density at radius 3 is 2.35 bits per heavy atom. The molecule has 0 aliphatic carbocycles. The number of hydrogen-bond acceptors (Lipinski definition) is 4. The van der Waals surface area contributed by atoms with Crippen LogP contribution in [0.15, 0.2) is 24.5 Å². The first kappa shape index (κ1) is 15.6. The van der Waals surface area contributed by atoms with Gasteiger partial charge in [0.25, 0.3) is 5.91 Å². The van der Waals surface area contributed by atoms with E-state index in [0.29, 0.717) is 5.56 Å². The second-order valence-corrected chi connectivity index (χ2v) is 4.37. The smallest absolute Gasteiger partial charge is 0.308 e. The van der Waals surface area contributed by atoms with Crippen LogP contribution in [0, 0.1) is 5.92 Å². The molecule has 2 N–H and O–H groups in total. The summed E-state index contributed by atoms with van der Waals surface area (Å²) in [5, 5.41) is 17.6. The highest BCUT2D eigenvalue weighted by molar-refractivity contribution is 5.94. The van der Waals surface area contributed by atoms with Gasteiger partial charge in [0.15, 0.2) is 0 Å². The van der Waals surface area contributed by atoms with Crippen LogP contribution in [0.5, 0.6) is 0 Å². The van der Waals surface area contributed by atoms with Crippen LogP contribution < -0.4 is 0 Å². The molecule has 1 unspecified atom stereocenters. The largest absolute Gasteiger partial charge is 0.481 e. The minimum Gasteiger partial charge on any atom is -0.481 e. The van der Waals surface area contributed by atoms with E-state index in [0.717, 1.165) is 0 Å². The van der Waals surface area contributed by atoms with E-state index >= 15 is 0 Å². The molecular weight excluding hydrogens is 264 g/mol. The average molecular weight is 280 g/mol. The molecule has 1 aromatic heterocycles. The maximum atomic E-state index is 12.2. The van der Waals surface area contributed by atoms with Crippen molar-refractivity contribution >= 4 is 17.8 Å². The average Bonchev–Trinajstić information content (AvgIpc) is 2.43. The lowest BCUT2D eigenvalue weighted by molar-refractivity contribution is -0.141. The molecule has 0 saturated heterocycles. The zero-order valence-electron chi connectivity index (χ0n) is 11.0. The fraction of sp³-hybridized carbons (Fsp3) is 0.385. The van der Waals surface area contributed by atoms with Crippen LogP contribution in [0.4, 0.5) is 0 Å². The summed E-state index contributed by atoms with van der Waals surface area (Å²) in [5.74, 6) is -3.25. The predicted molar refractivity (Wildman–Crippen MR) is 69.2 cm³/mol. The molecule has 7 nitrogen and oxygen atoms in total. The quantitative estimate of drug-likeness (QED) is 0.762. The van der Waals surface area contributed by atoms with Crippen molar-refractivity contribution in [3.63, 3.8) is 0 Å². The molecule has 7 heteroatoms. The molecular formula is C13H16N2O5. The maximum absolute atomic E-state index is 12.2. The molecule has 0 aliphatic heterocycles. The van der Waals surface area contributed by atoms with Crippen molar-refractivity contribution in [2.45, 2.75) is 13.3 Å². The monoisotopic (exact) mass is 280 g/mol. The molecule has 0 saturated carbocycles. The fourth-order valence-electron chi connectivity index (χ4n) is 1.59. The summed E-state index contributed by atoms with van der Waals surface area (Å²) >= 11 is 0. The number of carbonyl (C=O) groups excluding carboxylic acids is 1. The number of amides is 1. The van der Waals surface area contributed by atoms with Crippen molar-refractivity contribution in [1.29, 1.82) is 0 Å². The van der Waals surface area contributed by atoms with E-state index < -0.39 is 23.8 Å². The van der Waals surface area contributed by atoms with Gasteiger partial charge < -0.3 is 15.1 Å². The third kappa shape index (κ3) is 4.68. The highest BCUT2D eigenvalue weighted by Gasteiger charge is 2.22. The number of nitrogens with zero attached hydrogens (tertiary/aromatic N) is 2. The summed E-state index contributed by atoms with van der Waals surface area (Å²) in [6, 6.07) is 3.00. The van der Waals surface area contributed by atoms with Gasteiger partial charge in [-0.15, -0.1) is 0 Å². The predicted octanol–water partition coefficient (Wildman–Crippen LogP) is 0.719. The summed E-state index contributed by atoms with van der Waals surface area (Å²) < 4.78 is 0. The van der Waals surface area contributed by atoms with Crippen LogP contribution >= 0.6 is 0 Å². The normalized spacial score (nSPS) is 11.7. The molecule has 0 radical (unpaired) electrons. The van der Waals surface area contributed by atoms with Crippen molar-refractivity contribution in [2.24, 2.45) is 5.92 Å². The molecule has 0 spiro atoms. The van der Waals surface area contributed by atoms with Gasteiger partial charge in [0.1, 0.15) is 0 Å². The topological polar surface area (TPSA) is 108 Å². The number of carboxylic acids is 2. The lowest BCUT2D eigenvalue weighted by Crippen LogP contribution is -2.38. The Balaban J connectivity index is 2.83. The highest BCUT2D eigenvalue weighted by Crippen LogP contribution is 2.08. The molecule has 20 heavy (non-hydrogen) atoms. The van der Waals surface area contributed by atoms with Crippen molar-refractivity contribution in [2.75, 3.05) is 13.1 Å². The maximum Gasteiger partial charge on any atom is 0.308 e. The van der Waals surface area contributed by atoms with Crippen LogP contribution in [-0.2, 0) is 9.59 Å². The molecule has 0 aromatic carbocycles. The number of pyridine rings is 1. The lowest BCUT2D eigenvalue weighted by atomic mass is 10.1. The number of carbonyl (C=O) groups is 3. The first-order valence-electron chi connectivity index (χ1n) is 6.05. The van der Waals surface area contributed by atoms with Gasteiger partial charge in [0.2, 0.25) is 0 Å². The van der Waals surface area contributed by atoms with Crippen molar-refractivity contribution in [1.82, 2.24) is 9.88 Å². The standard InChI is InChI=1S/C13H16N2O5/c1-9(13(19)20)8-15(7-4-11(16)17)12(18)10-2-5-14-6-3-10/h2-3,5-6,9H,4,7-8H2,1H3,(H,16,17)(H,19,20). The lowest BCUT2D eigenvalue weighted by Gasteiger charge is -2.24. The van der Waals surface area contributed by atoms with E-state index in [1.54, 1.807) is 0 Å². The molecule has 1 aromatic rings. The molecule has 0 fully saturated rings. The summed E-state index contributed by atoms with van der Waals surface area (Å²) in [6.45, 7) is 1.40. The second-order valence-electron chi connectivity index (χ2n) is 4.37. The zero-order chi connectivity index (χ0) is 15.1. The zero-order valence-corrected chi connectivity index (χ0v) is 11.0. The van der Waals surface area contributed by atoms with Gasteiger partial charge in [-0.2, -0.15) is 0 Å². The van der Waals surface area contributed by atoms with Crippen LogP contribution in [0.2, 0.25) is 0 Å². The van der Waals surface area contributed by atoms with Gasteiger partial charge in [-0.1, -0.05) is 6.92 Å². The van der Waals surface area contributed by atoms with Crippen LogP contribution in [0.1, 0.15) is 23.7 Å². The van der Waals surface area contributed by atoms with Crippen LogP contribution in [0.25, 0.3) is 0 Å². The van der Waals surface area contributed by atoms with Crippen molar-refractivity contribution < 1.29 is 24.6 Å². The Morgan fingerprint density at radius 1 is 1.25 bits per heavy atom. The molecule has 1 heterocycles. The van der Waals surface area contributed by atoms with Gasteiger partial charge >= 0.3 is 11.9 Å². The number of rotatable bonds is 7. The molecule has 1 amide bonds. The van der Waals surface area contributed by atoms with E-state index in [-0.39, 0.29) is 19.5 Å². The van der Waals surface area contributed by atoms with Gasteiger partial charge in [0.05, 0.1) is 12.3 Å². The number of carboxylic acid groups (broad SMARTS) is 2. The van der Waals surface area contributed by atoms with Gasteiger partial charge in [-0.3, -0.25) is 19.4 Å². The Hall–Kier alpha value is -2.44. The first-order chi connectivity index (χ1) is 9.41. The first-order valence-corrected chi connectivity index (χ1v) is 6.05. The van der Waals surface area contributed by atoms with E-state index in [1.165, 1.54) is 36.4 Å². The van der Waals surface area contributed by atoms with Gasteiger partial charge in [0, 0.05) is 31.0 Å². The molecule has 0 bridgehead atoms. The number of hydrogen-bond donors (Lipinski definition) is 2. The van der Waals surface area contributed by atoms with Gasteiger partial charge in [-0.25, -0.2) is 0 Å². The summed E-state index contributed by atoms with van der Waals surface area (Å²) in [6.07, 6.45) is 2.66. The summed E-state index contributed by atoms with van der Waals surface area (Å²) in [5.41, 5.74) is 0.350. The SMILES string of the molecule is CC(CN(CCC(=O)O)C(=O)c1ccncc1)C(=O)O. The van der Waals surface area contributed by atoms with Crippen molar-refractivity contribution in [3.05, 3.63) is 30.1 Å². The number of aliphatic carboxylic acids is 2. The number of aromatic nitrogens is 1. The Kier molecular flexibility index (Phi) is 5.64. The minimum absolute atomic E-state index is 0.0336. The van der Waals surface area contributed by atoms with E-state index in [1.807, 2.05) is 0 Å². The summed E-state index contributed by atoms with van der Waals surface area (Å²) in [4.78, 5) is 38.7. The fourth-order valence-corrected chi connectivity index (χ4v) is 1.59. The Labute approximate surface area is 115 Å². The van der Waals surface area contributed by atoms with E-state index in [2.05, 4.69) is 4.98 Å². The van der Waals surface area contributed by atoms with Gasteiger partial charge in [-0.05, 0) is 12.1 Å². The Morgan fingerprint density at radius 2 is 1.85 bits per heavy atom. The third-order valence-electron chi connectivity index (χ3n) is 2.73. The highest BCUT2D eigenvalue weighted by atomic mass is 16.4.